The van der Waals surface area contributed by atoms with Crippen LogP contribution in [0.4, 0.5) is 5.69 Å². The second-order valence-electron chi connectivity index (χ2n) is 4.87. The molecule has 3 heteroatoms. The number of hydrogen-bond donors (Lipinski definition) is 0. The van der Waals surface area contributed by atoms with Gasteiger partial charge in [0, 0.05) is 19.7 Å². The van der Waals surface area contributed by atoms with Crippen molar-refractivity contribution in [1.29, 1.82) is 0 Å². The zero-order valence-electron chi connectivity index (χ0n) is 10.9. The van der Waals surface area contributed by atoms with E-state index < -0.39 is 8.07 Å². The third-order valence-corrected chi connectivity index (χ3v) is 7.01. The van der Waals surface area contributed by atoms with Crippen LogP contribution in [0.25, 0.3) is 0 Å². The molecule has 0 saturated heterocycles. The van der Waals surface area contributed by atoms with E-state index in [4.69, 9.17) is 0 Å². The summed E-state index contributed by atoms with van der Waals surface area (Å²) in [6, 6.07) is 9.62. The van der Waals surface area contributed by atoms with Gasteiger partial charge in [-0.15, -0.1) is 0 Å². The lowest BCUT2D eigenvalue weighted by Gasteiger charge is -2.23. The zero-order valence-corrected chi connectivity index (χ0v) is 11.9. The van der Waals surface area contributed by atoms with Gasteiger partial charge in [0.25, 0.3) is 0 Å². The van der Waals surface area contributed by atoms with Gasteiger partial charge in [-0.2, -0.15) is 0 Å². The molecule has 2 nitrogen and oxygen atoms in total. The molecule has 0 heterocycles. The topological polar surface area (TPSA) is 20.3 Å². The van der Waals surface area contributed by atoms with Crippen LogP contribution >= 0.6 is 0 Å². The summed E-state index contributed by atoms with van der Waals surface area (Å²) in [5, 5.41) is 1.42. The van der Waals surface area contributed by atoms with E-state index in [0.717, 1.165) is 5.69 Å². The molecule has 0 atom stereocenters. The first-order chi connectivity index (χ1) is 7.38. The molecule has 16 heavy (non-hydrogen) atoms. The first-order valence-electron chi connectivity index (χ1n) is 5.73. The van der Waals surface area contributed by atoms with Gasteiger partial charge in [-0.25, -0.2) is 0 Å². The van der Waals surface area contributed by atoms with Crippen LogP contribution < -0.4 is 10.1 Å². The Morgan fingerprint density at radius 1 is 1.38 bits per heavy atom. The van der Waals surface area contributed by atoms with Crippen molar-refractivity contribution in [2.45, 2.75) is 33.0 Å². The Morgan fingerprint density at radius 3 is 2.50 bits per heavy atom. The summed E-state index contributed by atoms with van der Waals surface area (Å²) < 4.78 is 0. The predicted molar refractivity (Wildman–Crippen MR) is 73.1 cm³/mol. The van der Waals surface area contributed by atoms with Crippen LogP contribution in [0.1, 0.15) is 13.8 Å². The molecule has 0 aliphatic carbocycles. The second-order valence-corrected chi connectivity index (χ2v) is 9.92. The van der Waals surface area contributed by atoms with E-state index in [1.807, 2.05) is 13.1 Å². The SMILES string of the molecule is CC[Si](C)(C)c1cccc(N(C)C(C)=O)c1. The Balaban J connectivity index is 3.09. The van der Waals surface area contributed by atoms with Crippen LogP contribution in [0.15, 0.2) is 24.3 Å². The van der Waals surface area contributed by atoms with E-state index in [9.17, 15) is 4.79 Å². The van der Waals surface area contributed by atoms with E-state index in [0.29, 0.717) is 0 Å². The van der Waals surface area contributed by atoms with E-state index in [1.54, 1.807) is 11.8 Å². The van der Waals surface area contributed by atoms with Gasteiger partial charge in [-0.3, -0.25) is 4.79 Å². The lowest BCUT2D eigenvalue weighted by atomic mass is 10.3. The van der Waals surface area contributed by atoms with Gasteiger partial charge in [0.1, 0.15) is 0 Å². The third-order valence-electron chi connectivity index (χ3n) is 3.37. The molecule has 0 fully saturated rings. The van der Waals surface area contributed by atoms with Crippen molar-refractivity contribution < 1.29 is 4.79 Å². The molecule has 0 bridgehead atoms. The van der Waals surface area contributed by atoms with E-state index in [-0.39, 0.29) is 5.91 Å². The molecule has 0 aromatic heterocycles. The number of carbonyl (C=O) groups excluding carboxylic acids is 1. The summed E-state index contributed by atoms with van der Waals surface area (Å²) in [7, 11) is 0.518. The fourth-order valence-corrected chi connectivity index (χ4v) is 3.02. The second kappa shape index (κ2) is 4.83. The van der Waals surface area contributed by atoms with Crippen molar-refractivity contribution in [2.75, 3.05) is 11.9 Å². The molecule has 0 saturated carbocycles. The van der Waals surface area contributed by atoms with Crippen LogP contribution in [0.2, 0.25) is 19.1 Å². The Labute approximate surface area is 99.3 Å². The molecule has 1 aromatic rings. The van der Waals surface area contributed by atoms with Crippen LogP contribution in [-0.4, -0.2) is 21.0 Å². The van der Waals surface area contributed by atoms with Crippen molar-refractivity contribution in [1.82, 2.24) is 0 Å². The summed E-state index contributed by atoms with van der Waals surface area (Å²) in [6.07, 6.45) is 0. The summed E-state index contributed by atoms with van der Waals surface area (Å²) in [4.78, 5) is 13.0. The van der Waals surface area contributed by atoms with Crippen LogP contribution in [0.5, 0.6) is 0 Å². The van der Waals surface area contributed by atoms with E-state index in [2.05, 4.69) is 38.2 Å². The average Bonchev–Trinajstić information content (AvgIpc) is 2.28. The molecule has 0 N–H and O–H groups in total. The summed E-state index contributed by atoms with van der Waals surface area (Å²) >= 11 is 0. The van der Waals surface area contributed by atoms with Crippen molar-refractivity contribution >= 4 is 24.9 Å². The maximum absolute atomic E-state index is 11.3. The summed E-state index contributed by atoms with van der Waals surface area (Å²) in [5.74, 6) is 0.0770. The number of benzene rings is 1. The number of nitrogens with zero attached hydrogens (tertiary/aromatic N) is 1. The van der Waals surface area contributed by atoms with Gasteiger partial charge in [-0.1, -0.05) is 43.4 Å². The molecule has 0 spiro atoms. The van der Waals surface area contributed by atoms with Crippen LogP contribution in [0.3, 0.4) is 0 Å². The van der Waals surface area contributed by atoms with Gasteiger partial charge in [-0.05, 0) is 12.1 Å². The van der Waals surface area contributed by atoms with Gasteiger partial charge >= 0.3 is 0 Å². The lowest BCUT2D eigenvalue weighted by molar-refractivity contribution is -0.116. The quantitative estimate of drug-likeness (QED) is 0.738. The maximum atomic E-state index is 11.3. The first kappa shape index (κ1) is 13.0. The van der Waals surface area contributed by atoms with Gasteiger partial charge in [0.05, 0.1) is 8.07 Å². The van der Waals surface area contributed by atoms with Crippen LogP contribution in [-0.2, 0) is 4.79 Å². The largest absolute Gasteiger partial charge is 0.316 e. The third kappa shape index (κ3) is 2.73. The molecule has 1 aromatic carbocycles. The molecule has 0 radical (unpaired) electrons. The number of anilines is 1. The van der Waals surface area contributed by atoms with Gasteiger partial charge < -0.3 is 4.90 Å². The summed E-state index contributed by atoms with van der Waals surface area (Å²) in [5.41, 5.74) is 0.999. The minimum atomic E-state index is -1.30. The van der Waals surface area contributed by atoms with Crippen LogP contribution in [0, 0.1) is 0 Å². The monoisotopic (exact) mass is 235 g/mol. The van der Waals surface area contributed by atoms with Crippen molar-refractivity contribution in [3.63, 3.8) is 0 Å². The molecule has 1 rings (SSSR count). The van der Waals surface area contributed by atoms with E-state index in [1.165, 1.54) is 11.2 Å². The minimum Gasteiger partial charge on any atom is -0.316 e. The fourth-order valence-electron chi connectivity index (χ4n) is 1.52. The Morgan fingerprint density at radius 2 is 2.00 bits per heavy atom. The number of carbonyl (C=O) groups is 1. The molecule has 0 aliphatic rings. The predicted octanol–water partition coefficient (Wildman–Crippen LogP) is 2.60. The lowest BCUT2D eigenvalue weighted by Crippen LogP contribution is -2.40. The molecular weight excluding hydrogens is 214 g/mol. The van der Waals surface area contributed by atoms with Crippen molar-refractivity contribution in [3.8, 4) is 0 Å². The Hall–Kier alpha value is -1.09. The number of amides is 1. The Kier molecular flexibility index (Phi) is 3.91. The number of hydrogen-bond acceptors (Lipinski definition) is 1. The standard InChI is InChI=1S/C13H21NOSi/c1-6-16(4,5)13-9-7-8-12(10-13)14(3)11(2)15/h7-10H,6H2,1-5H3. The highest BCUT2D eigenvalue weighted by Crippen LogP contribution is 2.15. The summed E-state index contributed by atoms with van der Waals surface area (Å²) in [6.45, 7) is 8.56. The highest BCUT2D eigenvalue weighted by atomic mass is 28.3. The Bertz CT molecular complexity index is 387. The van der Waals surface area contributed by atoms with Crippen molar-refractivity contribution in [2.24, 2.45) is 0 Å². The highest BCUT2D eigenvalue weighted by Gasteiger charge is 2.21. The van der Waals surface area contributed by atoms with E-state index >= 15 is 0 Å². The fraction of sp³-hybridized carbons (Fsp3) is 0.462. The normalized spacial score (nSPS) is 11.3. The smallest absolute Gasteiger partial charge is 0.223 e. The average molecular weight is 235 g/mol. The molecular formula is C13H21NOSi. The first-order valence-corrected chi connectivity index (χ1v) is 8.94. The number of rotatable bonds is 3. The maximum Gasteiger partial charge on any atom is 0.223 e. The molecule has 1 amide bonds. The van der Waals surface area contributed by atoms with Crippen molar-refractivity contribution in [3.05, 3.63) is 24.3 Å². The highest BCUT2D eigenvalue weighted by molar-refractivity contribution is 6.89. The zero-order chi connectivity index (χ0) is 12.3. The molecule has 0 aliphatic heterocycles. The molecule has 0 unspecified atom stereocenters. The van der Waals surface area contributed by atoms with Gasteiger partial charge in [0.2, 0.25) is 5.91 Å². The molecule has 88 valence electrons. The van der Waals surface area contributed by atoms with Gasteiger partial charge in [0.15, 0.2) is 0 Å². The minimum absolute atomic E-state index is 0.0770.